The molecule has 1 aliphatic rings. The maximum absolute atomic E-state index is 13.0. The molecule has 33 heavy (non-hydrogen) atoms. The van der Waals surface area contributed by atoms with Crippen LogP contribution < -0.4 is 4.74 Å². The molecule has 7 heteroatoms. The van der Waals surface area contributed by atoms with Gasteiger partial charge in [0.2, 0.25) is 0 Å². The Kier molecular flexibility index (Phi) is 7.76. The van der Waals surface area contributed by atoms with Crippen molar-refractivity contribution in [3.05, 3.63) is 65.2 Å². The zero-order chi connectivity index (χ0) is 24.1. The first-order valence-corrected chi connectivity index (χ1v) is 11.1. The summed E-state index contributed by atoms with van der Waals surface area (Å²) in [4.78, 5) is 27.4. The summed E-state index contributed by atoms with van der Waals surface area (Å²) in [7, 11) is 0. The summed E-state index contributed by atoms with van der Waals surface area (Å²) in [5, 5.41) is 20.8. The Morgan fingerprint density at radius 1 is 0.970 bits per heavy atom. The van der Waals surface area contributed by atoms with Crippen molar-refractivity contribution in [1.29, 1.82) is 0 Å². The number of nitrogens with zero attached hydrogens (tertiary/aromatic N) is 1. The molecule has 1 heterocycles. The third-order valence-corrected chi connectivity index (χ3v) is 5.24. The van der Waals surface area contributed by atoms with Gasteiger partial charge in [-0.1, -0.05) is 12.1 Å². The zero-order valence-corrected chi connectivity index (χ0v) is 19.4. The zero-order valence-electron chi connectivity index (χ0n) is 19.4. The molecular weight excluding hydrogens is 422 g/mol. The van der Waals surface area contributed by atoms with Crippen molar-refractivity contribution in [3.63, 3.8) is 0 Å². The van der Waals surface area contributed by atoms with Gasteiger partial charge < -0.3 is 24.6 Å². The summed E-state index contributed by atoms with van der Waals surface area (Å²) < 4.78 is 11.2. The Morgan fingerprint density at radius 2 is 1.61 bits per heavy atom. The van der Waals surface area contributed by atoms with Crippen molar-refractivity contribution < 1.29 is 29.3 Å². The molecule has 1 aliphatic heterocycles. The van der Waals surface area contributed by atoms with E-state index in [0.717, 1.165) is 0 Å². The maximum atomic E-state index is 13.0. The number of carbonyl (C=O) groups excluding carboxylic acids is 2. The lowest BCUT2D eigenvalue weighted by molar-refractivity contribution is -0.140. The second kappa shape index (κ2) is 10.5. The van der Waals surface area contributed by atoms with Gasteiger partial charge in [-0.05, 0) is 76.1 Å². The molecule has 2 aromatic rings. The smallest absolute Gasteiger partial charge is 0.295 e. The third-order valence-electron chi connectivity index (χ3n) is 5.24. The summed E-state index contributed by atoms with van der Waals surface area (Å²) in [5.41, 5.74) is 1.06. The Balaban J connectivity index is 1.98. The number of benzene rings is 2. The van der Waals surface area contributed by atoms with Gasteiger partial charge in [0.05, 0.1) is 23.8 Å². The molecular formula is C26H31NO6. The quantitative estimate of drug-likeness (QED) is 0.253. The molecule has 2 N–H and O–H groups in total. The number of Topliss-reactive ketones (excluding diaryl/α,β-unsaturated/α-hetero) is 1. The van der Waals surface area contributed by atoms with Gasteiger partial charge >= 0.3 is 0 Å². The standard InChI is InChI=1S/C26H31NO6/c1-16(2)32-15-5-14-27-23(18-6-10-20(28)11-7-18)22(25(30)26(27)31)24(29)19-8-12-21(13-9-19)33-17(3)4/h6-13,16-17,23,28-29H,5,14-15H2,1-4H3/b24-22-. The third kappa shape index (κ3) is 5.73. The van der Waals surface area contributed by atoms with Crippen LogP contribution in [0.4, 0.5) is 0 Å². The molecule has 176 valence electrons. The highest BCUT2D eigenvalue weighted by molar-refractivity contribution is 6.46. The highest BCUT2D eigenvalue weighted by atomic mass is 16.5. The van der Waals surface area contributed by atoms with Crippen molar-refractivity contribution in [3.8, 4) is 11.5 Å². The summed E-state index contributed by atoms with van der Waals surface area (Å²) in [6, 6.07) is 12.3. The molecule has 0 aromatic heterocycles. The van der Waals surface area contributed by atoms with E-state index in [0.29, 0.717) is 36.4 Å². The second-order valence-corrected chi connectivity index (χ2v) is 8.55. The lowest BCUT2D eigenvalue weighted by Crippen LogP contribution is -2.31. The van der Waals surface area contributed by atoms with Crippen LogP contribution in [0.15, 0.2) is 54.1 Å². The Labute approximate surface area is 194 Å². The van der Waals surface area contributed by atoms with E-state index in [2.05, 4.69) is 0 Å². The molecule has 0 saturated carbocycles. The van der Waals surface area contributed by atoms with Crippen LogP contribution in [-0.4, -0.2) is 52.2 Å². The molecule has 1 atom stereocenters. The molecule has 1 amide bonds. The first-order valence-electron chi connectivity index (χ1n) is 11.1. The van der Waals surface area contributed by atoms with Crippen LogP contribution in [0.25, 0.3) is 5.76 Å². The SMILES string of the molecule is CC(C)OCCCN1C(=O)C(=O)/C(=C(\O)c2ccc(OC(C)C)cc2)C1c1ccc(O)cc1. The van der Waals surface area contributed by atoms with Crippen molar-refractivity contribution in [2.24, 2.45) is 0 Å². The number of ketones is 1. The van der Waals surface area contributed by atoms with Gasteiger partial charge in [0.15, 0.2) is 0 Å². The average molecular weight is 454 g/mol. The number of aliphatic hydroxyl groups is 1. The fourth-order valence-electron chi connectivity index (χ4n) is 3.79. The fourth-order valence-corrected chi connectivity index (χ4v) is 3.79. The van der Waals surface area contributed by atoms with Gasteiger partial charge in [-0.2, -0.15) is 0 Å². The Bertz CT molecular complexity index is 1010. The van der Waals surface area contributed by atoms with E-state index in [4.69, 9.17) is 9.47 Å². The molecule has 7 nitrogen and oxygen atoms in total. The number of phenolic OH excluding ortho intramolecular Hbond substituents is 1. The van der Waals surface area contributed by atoms with Gasteiger partial charge in [-0.15, -0.1) is 0 Å². The van der Waals surface area contributed by atoms with E-state index >= 15 is 0 Å². The van der Waals surface area contributed by atoms with Gasteiger partial charge in [-0.25, -0.2) is 0 Å². The number of hydrogen-bond acceptors (Lipinski definition) is 6. The highest BCUT2D eigenvalue weighted by Gasteiger charge is 2.45. The first kappa shape index (κ1) is 24.3. The summed E-state index contributed by atoms with van der Waals surface area (Å²) in [6.45, 7) is 8.43. The van der Waals surface area contributed by atoms with E-state index in [-0.39, 0.29) is 29.3 Å². The van der Waals surface area contributed by atoms with Crippen molar-refractivity contribution in [2.75, 3.05) is 13.2 Å². The minimum Gasteiger partial charge on any atom is -0.508 e. The van der Waals surface area contributed by atoms with Crippen molar-refractivity contribution >= 4 is 17.4 Å². The molecule has 0 radical (unpaired) electrons. The largest absolute Gasteiger partial charge is 0.508 e. The van der Waals surface area contributed by atoms with Crippen LogP contribution >= 0.6 is 0 Å². The van der Waals surface area contributed by atoms with E-state index in [9.17, 15) is 19.8 Å². The van der Waals surface area contributed by atoms with Crippen LogP contribution in [0.5, 0.6) is 11.5 Å². The molecule has 0 spiro atoms. The van der Waals surface area contributed by atoms with Crippen LogP contribution in [0, 0.1) is 0 Å². The number of aromatic hydroxyl groups is 1. The number of likely N-dealkylation sites (tertiary alicyclic amines) is 1. The van der Waals surface area contributed by atoms with E-state index in [1.165, 1.54) is 17.0 Å². The van der Waals surface area contributed by atoms with Gasteiger partial charge in [0.25, 0.3) is 11.7 Å². The number of amides is 1. The molecule has 0 aliphatic carbocycles. The number of hydrogen-bond donors (Lipinski definition) is 2. The monoisotopic (exact) mass is 453 g/mol. The van der Waals surface area contributed by atoms with Crippen LogP contribution in [-0.2, 0) is 14.3 Å². The van der Waals surface area contributed by atoms with Gasteiger partial charge in [0.1, 0.15) is 17.3 Å². The minimum absolute atomic E-state index is 0.00365. The molecule has 1 unspecified atom stereocenters. The predicted molar refractivity (Wildman–Crippen MR) is 125 cm³/mol. The summed E-state index contributed by atoms with van der Waals surface area (Å²) in [6.07, 6.45) is 0.612. The molecule has 2 aromatic carbocycles. The van der Waals surface area contributed by atoms with Gasteiger partial charge in [-0.3, -0.25) is 9.59 Å². The van der Waals surface area contributed by atoms with Crippen LogP contribution in [0.3, 0.4) is 0 Å². The molecule has 1 fully saturated rings. The molecule has 1 saturated heterocycles. The average Bonchev–Trinajstić information content (AvgIpc) is 3.01. The number of phenols is 1. The van der Waals surface area contributed by atoms with Crippen molar-refractivity contribution in [2.45, 2.75) is 52.4 Å². The second-order valence-electron chi connectivity index (χ2n) is 8.55. The van der Waals surface area contributed by atoms with E-state index in [1.807, 2.05) is 27.7 Å². The molecule has 3 rings (SSSR count). The predicted octanol–water partition coefficient (Wildman–Crippen LogP) is 4.42. The Hall–Kier alpha value is -3.32. The first-order chi connectivity index (χ1) is 15.7. The van der Waals surface area contributed by atoms with E-state index < -0.39 is 17.7 Å². The summed E-state index contributed by atoms with van der Waals surface area (Å²) >= 11 is 0. The summed E-state index contributed by atoms with van der Waals surface area (Å²) in [5.74, 6) is -0.940. The normalized spacial score (nSPS) is 17.9. The van der Waals surface area contributed by atoms with E-state index in [1.54, 1.807) is 36.4 Å². The lowest BCUT2D eigenvalue weighted by atomic mass is 9.95. The number of aliphatic hydroxyl groups excluding tert-OH is 1. The number of carbonyl (C=O) groups is 2. The van der Waals surface area contributed by atoms with Gasteiger partial charge in [0, 0.05) is 18.7 Å². The topological polar surface area (TPSA) is 96.3 Å². The van der Waals surface area contributed by atoms with Crippen molar-refractivity contribution in [1.82, 2.24) is 4.90 Å². The minimum atomic E-state index is -0.767. The number of rotatable bonds is 9. The highest BCUT2D eigenvalue weighted by Crippen LogP contribution is 2.40. The lowest BCUT2D eigenvalue weighted by Gasteiger charge is -2.25. The van der Waals surface area contributed by atoms with Crippen LogP contribution in [0.2, 0.25) is 0 Å². The Morgan fingerprint density at radius 3 is 2.18 bits per heavy atom. The maximum Gasteiger partial charge on any atom is 0.295 e. The fraction of sp³-hybridized carbons (Fsp3) is 0.385. The van der Waals surface area contributed by atoms with Crippen LogP contribution in [0.1, 0.15) is 51.3 Å². The number of ether oxygens (including phenoxy) is 2. The molecule has 0 bridgehead atoms.